The van der Waals surface area contributed by atoms with E-state index in [1.165, 1.54) is 16.7 Å². The average Bonchev–Trinajstić information content (AvgIpc) is 1.67. The number of hydrogen-bond acceptors (Lipinski definition) is 11. The van der Waals surface area contributed by atoms with E-state index in [-0.39, 0.29) is 27.9 Å². The molecule has 133 heavy (non-hydrogen) atoms. The number of rotatable bonds is 15. The van der Waals surface area contributed by atoms with Crippen LogP contribution in [-0.2, 0) is 0 Å². The summed E-state index contributed by atoms with van der Waals surface area (Å²) in [5.41, 5.74) is 26.4. The lowest BCUT2D eigenvalue weighted by molar-refractivity contribution is 0.0683. The number of H-pyrrole nitrogens is 1. The summed E-state index contributed by atoms with van der Waals surface area (Å²) in [4.78, 5) is 85.3. The first-order valence-corrected chi connectivity index (χ1v) is 45.6. The van der Waals surface area contributed by atoms with Crippen LogP contribution >= 0.6 is 79.6 Å². The maximum atomic E-state index is 11.8. The van der Waals surface area contributed by atoms with E-state index in [0.29, 0.717) is 77.5 Å². The minimum atomic E-state index is -1.05. The number of halogens is 5. The standard InChI is InChI=1S/C24H18BrNO2.C22H18BrN3O2.C22H14BrNO2.C21H15BrN2O2.C20H13BrN2O2/c1-14-3-4-15(2)19(11-14)16-5-7-17(8-6-16)23-13-21(24(27)28)20-12-18(25)9-10-22(20)26-23;1-12-4-5-13(2)20(8-12)26-14(3)18(11-24-26)19-9-15-6-7-16(23)10-17(15)21(25-19)22(27)28;23-17-9-10-20-18(12-17)19(22(25)26)13-21(24-20)16-8-4-7-15(11-16)14-5-2-1-3-6-14;1-12-15(10-19(23-12)13-5-3-2-4-6-13)20-11-17(21(25)26)16-9-14(22)7-8-18(16)24-20;21-14-6-7-18-16(10-14)17(20(24)25)11-19(22-18)13-8-9-23(12-13)15-4-2-1-3-5-15/h3-13H,1-2H3,(H,27,28);4-11H,1-3H3,(H,27,28);1-13H,(H,25,26);2-11,23H,1H3,(H,25,26);1-12H,(H,24,25). The van der Waals surface area contributed by atoms with Crippen molar-refractivity contribution in [1.82, 2.24) is 44.3 Å². The summed E-state index contributed by atoms with van der Waals surface area (Å²) in [6, 6.07) is 98.7. The van der Waals surface area contributed by atoms with Crippen LogP contribution in [0.4, 0.5) is 0 Å². The van der Waals surface area contributed by atoms with Gasteiger partial charge in [-0.2, -0.15) is 5.10 Å². The fraction of sp³-hybridized carbons (Fsp3) is 0.0550. The molecule has 0 amide bonds. The summed E-state index contributed by atoms with van der Waals surface area (Å²) in [6.07, 6.45) is 5.64. The van der Waals surface area contributed by atoms with E-state index in [1.54, 1.807) is 60.8 Å². The van der Waals surface area contributed by atoms with Crippen molar-refractivity contribution in [2.45, 2.75) is 41.5 Å². The lowest BCUT2D eigenvalue weighted by Crippen LogP contribution is -2.04. The minimum Gasteiger partial charge on any atom is -0.478 e. The van der Waals surface area contributed by atoms with E-state index < -0.39 is 29.8 Å². The van der Waals surface area contributed by atoms with Gasteiger partial charge in [-0.25, -0.2) is 53.6 Å². The molecule has 20 aromatic rings. The quantitative estimate of drug-likeness (QED) is 0.0556. The van der Waals surface area contributed by atoms with Gasteiger partial charge in [-0.05, 0) is 243 Å². The lowest BCUT2D eigenvalue weighted by Gasteiger charge is -2.11. The van der Waals surface area contributed by atoms with E-state index in [0.717, 1.165) is 117 Å². The minimum absolute atomic E-state index is 0.0349. The molecule has 24 heteroatoms. The van der Waals surface area contributed by atoms with Crippen LogP contribution in [0.5, 0.6) is 0 Å². The largest absolute Gasteiger partial charge is 0.478 e. The van der Waals surface area contributed by atoms with Gasteiger partial charge < -0.3 is 35.1 Å². The Morgan fingerprint density at radius 3 is 1.26 bits per heavy atom. The molecule has 0 saturated heterocycles. The molecule has 20 rings (SSSR count). The van der Waals surface area contributed by atoms with E-state index >= 15 is 0 Å². The molecule has 0 radical (unpaired) electrons. The van der Waals surface area contributed by atoms with Gasteiger partial charge in [-0.3, -0.25) is 0 Å². The second kappa shape index (κ2) is 39.9. The molecule has 0 aliphatic carbocycles. The molecular formula is C109H78Br5N9O10. The zero-order valence-electron chi connectivity index (χ0n) is 71.9. The Balaban J connectivity index is 0.000000121. The molecular weight excluding hydrogens is 1990 g/mol. The smallest absolute Gasteiger partial charge is 0.355 e. The number of benzene rings is 12. The Labute approximate surface area is 805 Å². The van der Waals surface area contributed by atoms with Gasteiger partial charge in [0.2, 0.25) is 0 Å². The Kier molecular flexibility index (Phi) is 27.4. The summed E-state index contributed by atoms with van der Waals surface area (Å²) in [7, 11) is 0. The summed E-state index contributed by atoms with van der Waals surface area (Å²) in [5.74, 6) is -4.90. The van der Waals surface area contributed by atoms with Crippen LogP contribution in [0.25, 0.3) is 156 Å². The third-order valence-corrected chi connectivity index (χ3v) is 24.9. The zero-order valence-corrected chi connectivity index (χ0v) is 79.9. The lowest BCUT2D eigenvalue weighted by atomic mass is 9.96. The van der Waals surface area contributed by atoms with Gasteiger partial charge in [0.05, 0.1) is 90.4 Å². The molecule has 0 saturated carbocycles. The molecule has 8 heterocycles. The summed E-state index contributed by atoms with van der Waals surface area (Å²) >= 11 is 17.0. The topological polar surface area (TPSA) is 289 Å². The summed E-state index contributed by atoms with van der Waals surface area (Å²) in [6.45, 7) is 12.2. The predicted octanol–water partition coefficient (Wildman–Crippen LogP) is 29.0. The van der Waals surface area contributed by atoms with Crippen LogP contribution in [0.1, 0.15) is 85.6 Å². The number of carboxylic acid groups (broad SMARTS) is 5. The molecule has 0 fully saturated rings. The van der Waals surface area contributed by atoms with E-state index in [1.807, 2.05) is 256 Å². The number of aromatic carboxylic acids is 5. The van der Waals surface area contributed by atoms with Crippen molar-refractivity contribution in [3.05, 3.63) is 412 Å². The highest BCUT2D eigenvalue weighted by Crippen LogP contribution is 2.39. The summed E-state index contributed by atoms with van der Waals surface area (Å²) < 4.78 is 7.99. The van der Waals surface area contributed by atoms with Gasteiger partial charge in [-0.15, -0.1) is 0 Å². The van der Waals surface area contributed by atoms with Crippen LogP contribution in [0.15, 0.2) is 350 Å². The monoisotopic (exact) mass is 2070 g/mol. The van der Waals surface area contributed by atoms with E-state index in [9.17, 15) is 49.5 Å². The Bertz CT molecular complexity index is 7970. The van der Waals surface area contributed by atoms with Crippen LogP contribution in [0.3, 0.4) is 0 Å². The number of carboxylic acids is 5. The average molecular weight is 2070 g/mol. The first kappa shape index (κ1) is 91.5. The Morgan fingerprint density at radius 2 is 0.744 bits per heavy atom. The highest BCUT2D eigenvalue weighted by Gasteiger charge is 2.23. The molecule has 19 nitrogen and oxygen atoms in total. The molecule has 0 aliphatic rings. The number of hydrogen-bond donors (Lipinski definition) is 6. The second-order valence-electron chi connectivity index (χ2n) is 31.5. The number of aromatic nitrogens is 9. The fourth-order valence-corrected chi connectivity index (χ4v) is 17.5. The maximum absolute atomic E-state index is 11.8. The van der Waals surface area contributed by atoms with Gasteiger partial charge in [0, 0.05) is 107 Å². The third-order valence-electron chi connectivity index (χ3n) is 22.4. The molecule has 0 unspecified atom stereocenters. The number of nitrogens with zero attached hydrogens (tertiary/aromatic N) is 8. The first-order valence-electron chi connectivity index (χ1n) is 41.7. The van der Waals surface area contributed by atoms with Crippen molar-refractivity contribution >= 4 is 164 Å². The molecule has 8 aromatic heterocycles. The maximum Gasteiger partial charge on any atom is 0.355 e. The van der Waals surface area contributed by atoms with Gasteiger partial charge in [0.15, 0.2) is 5.69 Å². The van der Waals surface area contributed by atoms with Crippen LogP contribution < -0.4 is 0 Å². The number of aromatic amines is 1. The molecule has 0 bridgehead atoms. The molecule has 12 aromatic carbocycles. The fourth-order valence-electron chi connectivity index (χ4n) is 15.7. The van der Waals surface area contributed by atoms with Crippen molar-refractivity contribution in [3.8, 4) is 101 Å². The van der Waals surface area contributed by atoms with Gasteiger partial charge in [-0.1, -0.05) is 243 Å². The second-order valence-corrected chi connectivity index (χ2v) is 36.1. The predicted molar refractivity (Wildman–Crippen MR) is 545 cm³/mol. The molecule has 0 spiro atoms. The number of para-hydroxylation sites is 1. The SMILES string of the molecule is Cc1[nH]c(-c2ccccc2)cc1-c1cc(C(=O)O)c2cc(Br)ccc2n1.Cc1ccc(C)c(-c2ccc(-c3cc(C(=O)O)c4cc(Br)ccc4n3)cc2)c1.Cc1ccc(C)c(-n2ncc(-c3cc4ccc(Br)cc4c(C(=O)O)n3)c2C)c1.O=C(O)c1cc(-c2cccc(-c3ccccc3)c2)nc2ccc(Br)cc12.O=C(O)c1cc(-c2ccn(-c3ccccc3)c2)nc2ccc(Br)cc12. The molecule has 0 atom stereocenters. The molecule has 0 aliphatic heterocycles. The van der Waals surface area contributed by atoms with Crippen LogP contribution in [0, 0.1) is 41.5 Å². The van der Waals surface area contributed by atoms with Crippen molar-refractivity contribution in [2.75, 3.05) is 0 Å². The van der Waals surface area contributed by atoms with Crippen molar-refractivity contribution < 1.29 is 49.5 Å². The van der Waals surface area contributed by atoms with E-state index in [4.69, 9.17) is 4.98 Å². The Morgan fingerprint density at radius 1 is 0.316 bits per heavy atom. The Hall–Kier alpha value is -14.8. The van der Waals surface area contributed by atoms with Gasteiger partial charge in [0.25, 0.3) is 0 Å². The number of carbonyl (C=O) groups is 5. The zero-order chi connectivity index (χ0) is 93.6. The highest BCUT2D eigenvalue weighted by molar-refractivity contribution is 9.11. The number of nitrogens with one attached hydrogen (secondary N) is 1. The normalized spacial score (nSPS) is 11.0. The summed E-state index contributed by atoms with van der Waals surface area (Å²) in [5, 5.41) is 56.6. The first-order chi connectivity index (χ1) is 64.0. The number of fused-ring (bicyclic) bond motifs is 5. The number of aryl methyl sites for hydroxylation is 5. The van der Waals surface area contributed by atoms with Gasteiger partial charge in [0.1, 0.15) is 0 Å². The molecule has 654 valence electrons. The van der Waals surface area contributed by atoms with Crippen molar-refractivity contribution in [3.63, 3.8) is 0 Å². The number of pyridine rings is 5. The van der Waals surface area contributed by atoms with Crippen molar-refractivity contribution in [1.29, 1.82) is 0 Å². The van der Waals surface area contributed by atoms with Crippen LogP contribution in [0.2, 0.25) is 0 Å². The molecule has 6 N–H and O–H groups in total. The van der Waals surface area contributed by atoms with Crippen molar-refractivity contribution in [2.24, 2.45) is 0 Å². The van der Waals surface area contributed by atoms with Crippen LogP contribution in [-0.4, -0.2) is 99.6 Å². The third kappa shape index (κ3) is 20.7. The van der Waals surface area contributed by atoms with Gasteiger partial charge >= 0.3 is 29.8 Å². The van der Waals surface area contributed by atoms with E-state index in [2.05, 4.69) is 172 Å². The highest BCUT2D eigenvalue weighted by atomic mass is 79.9.